The SMILES string of the molecule is CCNC(=NCC(C)C(=O)OC)Nc1ccc(OCC)c(OC)c1. The maximum absolute atomic E-state index is 11.5. The number of anilines is 1. The molecule has 1 atom stereocenters. The van der Waals surface area contributed by atoms with E-state index in [2.05, 4.69) is 15.6 Å². The lowest BCUT2D eigenvalue weighted by Gasteiger charge is -2.15. The van der Waals surface area contributed by atoms with Crippen LogP contribution in [0.4, 0.5) is 5.69 Å². The molecular formula is C17H27N3O4. The van der Waals surface area contributed by atoms with Crippen molar-refractivity contribution >= 4 is 17.6 Å². The highest BCUT2D eigenvalue weighted by molar-refractivity contribution is 5.94. The van der Waals surface area contributed by atoms with E-state index in [0.717, 1.165) is 5.69 Å². The van der Waals surface area contributed by atoms with E-state index in [-0.39, 0.29) is 11.9 Å². The number of hydrogen-bond acceptors (Lipinski definition) is 5. The van der Waals surface area contributed by atoms with Crippen molar-refractivity contribution < 1.29 is 19.0 Å². The molecule has 0 aliphatic heterocycles. The van der Waals surface area contributed by atoms with Gasteiger partial charge in [-0.15, -0.1) is 0 Å². The second kappa shape index (κ2) is 10.4. The summed E-state index contributed by atoms with van der Waals surface area (Å²) in [5, 5.41) is 6.32. The van der Waals surface area contributed by atoms with Gasteiger partial charge in [0.05, 0.1) is 33.3 Å². The summed E-state index contributed by atoms with van der Waals surface area (Å²) < 4.78 is 15.6. The second-order valence-corrected chi connectivity index (χ2v) is 5.07. The molecule has 1 aromatic carbocycles. The lowest BCUT2D eigenvalue weighted by atomic mass is 10.2. The number of ether oxygens (including phenoxy) is 3. The number of rotatable bonds is 8. The van der Waals surface area contributed by atoms with E-state index in [0.29, 0.717) is 37.2 Å². The molecule has 0 bridgehead atoms. The fraction of sp³-hybridized carbons (Fsp3) is 0.529. The number of guanidine groups is 1. The van der Waals surface area contributed by atoms with Crippen LogP contribution in [0.5, 0.6) is 11.5 Å². The van der Waals surface area contributed by atoms with Gasteiger partial charge < -0.3 is 24.8 Å². The third-order valence-corrected chi connectivity index (χ3v) is 3.20. The minimum atomic E-state index is -0.305. The monoisotopic (exact) mass is 337 g/mol. The molecular weight excluding hydrogens is 310 g/mol. The molecule has 1 unspecified atom stereocenters. The van der Waals surface area contributed by atoms with Crippen molar-refractivity contribution in [1.29, 1.82) is 0 Å². The Bertz CT molecular complexity index is 561. The normalized spacial score (nSPS) is 12.3. The number of aliphatic imine (C=N–C) groups is 1. The summed E-state index contributed by atoms with van der Waals surface area (Å²) in [5.74, 6) is 1.32. The Morgan fingerprint density at radius 3 is 2.58 bits per heavy atom. The van der Waals surface area contributed by atoms with Gasteiger partial charge in [-0.05, 0) is 26.0 Å². The number of esters is 1. The van der Waals surface area contributed by atoms with Gasteiger partial charge in [-0.3, -0.25) is 9.79 Å². The lowest BCUT2D eigenvalue weighted by molar-refractivity contribution is -0.144. The number of hydrogen-bond donors (Lipinski definition) is 2. The third kappa shape index (κ3) is 5.98. The van der Waals surface area contributed by atoms with Crippen LogP contribution in [0.25, 0.3) is 0 Å². The van der Waals surface area contributed by atoms with Gasteiger partial charge in [0.25, 0.3) is 0 Å². The first-order valence-electron chi connectivity index (χ1n) is 7.99. The maximum atomic E-state index is 11.5. The Morgan fingerprint density at radius 1 is 1.25 bits per heavy atom. The molecule has 0 saturated carbocycles. The summed E-state index contributed by atoms with van der Waals surface area (Å²) in [7, 11) is 2.97. The van der Waals surface area contributed by atoms with Gasteiger partial charge in [-0.1, -0.05) is 6.92 Å². The molecule has 0 amide bonds. The zero-order valence-corrected chi connectivity index (χ0v) is 15.0. The second-order valence-electron chi connectivity index (χ2n) is 5.07. The Kier molecular flexibility index (Phi) is 8.46. The van der Waals surface area contributed by atoms with E-state index >= 15 is 0 Å². The number of nitrogens with one attached hydrogen (secondary N) is 2. The standard InChI is InChI=1S/C17H27N3O4/c1-6-18-17(19-11-12(3)16(21)23-5)20-13-8-9-14(24-7-2)15(10-13)22-4/h8-10,12H,6-7,11H2,1-5H3,(H2,18,19,20). The first-order chi connectivity index (χ1) is 11.5. The van der Waals surface area contributed by atoms with Crippen molar-refractivity contribution in [3.05, 3.63) is 18.2 Å². The van der Waals surface area contributed by atoms with Gasteiger partial charge in [-0.25, -0.2) is 0 Å². The number of nitrogens with zero attached hydrogens (tertiary/aromatic N) is 1. The Morgan fingerprint density at radius 2 is 2.00 bits per heavy atom. The van der Waals surface area contributed by atoms with Gasteiger partial charge in [-0.2, -0.15) is 0 Å². The summed E-state index contributed by atoms with van der Waals surface area (Å²) in [4.78, 5) is 15.9. The molecule has 7 heteroatoms. The average molecular weight is 337 g/mol. The van der Waals surface area contributed by atoms with Crippen LogP contribution in [0.2, 0.25) is 0 Å². The van der Waals surface area contributed by atoms with Crippen LogP contribution < -0.4 is 20.1 Å². The Labute approximate surface area is 143 Å². The molecule has 7 nitrogen and oxygen atoms in total. The molecule has 0 heterocycles. The van der Waals surface area contributed by atoms with Crippen LogP contribution in [-0.2, 0) is 9.53 Å². The first-order valence-corrected chi connectivity index (χ1v) is 7.99. The van der Waals surface area contributed by atoms with Crippen LogP contribution in [0.15, 0.2) is 23.2 Å². The molecule has 0 fully saturated rings. The summed E-state index contributed by atoms with van der Waals surface area (Å²) in [6, 6.07) is 5.55. The number of carbonyl (C=O) groups is 1. The van der Waals surface area contributed by atoms with E-state index in [1.54, 1.807) is 14.0 Å². The van der Waals surface area contributed by atoms with Crippen molar-refractivity contribution in [2.45, 2.75) is 20.8 Å². The van der Waals surface area contributed by atoms with E-state index in [1.807, 2.05) is 32.0 Å². The Balaban J connectivity index is 2.86. The molecule has 0 aromatic heterocycles. The van der Waals surface area contributed by atoms with Gasteiger partial charge in [0.1, 0.15) is 0 Å². The van der Waals surface area contributed by atoms with Crippen molar-refractivity contribution in [2.24, 2.45) is 10.9 Å². The molecule has 0 aliphatic rings. The van der Waals surface area contributed by atoms with Crippen LogP contribution in [0.1, 0.15) is 20.8 Å². The van der Waals surface area contributed by atoms with Gasteiger partial charge in [0.15, 0.2) is 17.5 Å². The summed E-state index contributed by atoms with van der Waals surface area (Å²) >= 11 is 0. The number of methoxy groups -OCH3 is 2. The van der Waals surface area contributed by atoms with Crippen molar-refractivity contribution in [3.8, 4) is 11.5 Å². The average Bonchev–Trinajstić information content (AvgIpc) is 2.60. The highest BCUT2D eigenvalue weighted by Gasteiger charge is 2.13. The van der Waals surface area contributed by atoms with E-state index < -0.39 is 0 Å². The largest absolute Gasteiger partial charge is 0.493 e. The fourth-order valence-electron chi connectivity index (χ4n) is 1.97. The molecule has 0 spiro atoms. The van der Waals surface area contributed by atoms with Crippen LogP contribution in [-0.4, -0.2) is 45.8 Å². The predicted molar refractivity (Wildman–Crippen MR) is 94.9 cm³/mol. The van der Waals surface area contributed by atoms with Crippen molar-refractivity contribution in [2.75, 3.05) is 39.2 Å². The summed E-state index contributed by atoms with van der Waals surface area (Å²) in [6.07, 6.45) is 0. The quantitative estimate of drug-likeness (QED) is 0.430. The summed E-state index contributed by atoms with van der Waals surface area (Å²) in [5.41, 5.74) is 0.806. The Hall–Kier alpha value is -2.44. The summed E-state index contributed by atoms with van der Waals surface area (Å²) in [6.45, 7) is 7.27. The first kappa shape index (κ1) is 19.6. The molecule has 0 radical (unpaired) electrons. The lowest BCUT2D eigenvalue weighted by Crippen LogP contribution is -2.31. The van der Waals surface area contributed by atoms with Crippen LogP contribution in [0, 0.1) is 5.92 Å². The van der Waals surface area contributed by atoms with Crippen molar-refractivity contribution in [3.63, 3.8) is 0 Å². The van der Waals surface area contributed by atoms with Gasteiger partial charge >= 0.3 is 5.97 Å². The third-order valence-electron chi connectivity index (χ3n) is 3.20. The minimum Gasteiger partial charge on any atom is -0.493 e. The van der Waals surface area contributed by atoms with Crippen LogP contribution in [0.3, 0.4) is 0 Å². The molecule has 1 rings (SSSR count). The van der Waals surface area contributed by atoms with E-state index in [9.17, 15) is 4.79 Å². The van der Waals surface area contributed by atoms with Crippen molar-refractivity contribution in [1.82, 2.24) is 5.32 Å². The van der Waals surface area contributed by atoms with E-state index in [4.69, 9.17) is 14.2 Å². The fourth-order valence-corrected chi connectivity index (χ4v) is 1.97. The smallest absolute Gasteiger partial charge is 0.310 e. The molecule has 2 N–H and O–H groups in total. The number of benzene rings is 1. The molecule has 0 saturated heterocycles. The highest BCUT2D eigenvalue weighted by Crippen LogP contribution is 2.30. The molecule has 0 aliphatic carbocycles. The van der Waals surface area contributed by atoms with Gasteiger partial charge in [0.2, 0.25) is 0 Å². The van der Waals surface area contributed by atoms with Crippen LogP contribution >= 0.6 is 0 Å². The zero-order chi connectivity index (χ0) is 17.9. The number of carbonyl (C=O) groups excluding carboxylic acids is 1. The molecule has 134 valence electrons. The maximum Gasteiger partial charge on any atom is 0.310 e. The highest BCUT2D eigenvalue weighted by atomic mass is 16.5. The van der Waals surface area contributed by atoms with E-state index in [1.165, 1.54) is 7.11 Å². The zero-order valence-electron chi connectivity index (χ0n) is 15.0. The molecule has 1 aromatic rings. The molecule has 24 heavy (non-hydrogen) atoms. The topological polar surface area (TPSA) is 81.2 Å². The predicted octanol–water partition coefficient (Wildman–Crippen LogP) is 2.28. The van der Waals surface area contributed by atoms with Gasteiger partial charge in [0, 0.05) is 18.3 Å². The minimum absolute atomic E-state index is 0.280.